The Hall–Kier alpha value is -2.13. The molecule has 0 aromatic heterocycles. The van der Waals surface area contributed by atoms with Crippen LogP contribution in [0.4, 0.5) is 5.69 Å². The number of unbranched alkanes of at least 4 members (excludes halogenated alkanes) is 3. The van der Waals surface area contributed by atoms with Crippen LogP contribution in [0.2, 0.25) is 0 Å². The van der Waals surface area contributed by atoms with Gasteiger partial charge in [-0.2, -0.15) is 0 Å². The maximum Gasteiger partial charge on any atom is 0.179 e. The van der Waals surface area contributed by atoms with Crippen LogP contribution in [0.5, 0.6) is 5.75 Å². The smallest absolute Gasteiger partial charge is 0.179 e. The first-order valence-corrected chi connectivity index (χ1v) is 18.8. The average molecular weight is 627 g/mol. The lowest BCUT2D eigenvalue weighted by Crippen LogP contribution is -2.67. The fourth-order valence-corrected chi connectivity index (χ4v) is 10.2. The number of aliphatic hydroxyl groups is 1. The number of quaternary nitrogens is 1. The van der Waals surface area contributed by atoms with E-state index < -0.39 is 27.3 Å². The highest BCUT2D eigenvalue weighted by Gasteiger charge is 2.49. The number of anilines is 1. The van der Waals surface area contributed by atoms with Crippen LogP contribution < -0.4 is 9.64 Å². The maximum atomic E-state index is 14.1. The average Bonchev–Trinajstić information content (AvgIpc) is 3.10. The van der Waals surface area contributed by atoms with Crippen molar-refractivity contribution in [2.45, 2.75) is 82.1 Å². The molecule has 2 atom stereocenters. The highest BCUT2D eigenvalue weighted by Crippen LogP contribution is 2.50. The Morgan fingerprint density at radius 2 is 1.57 bits per heavy atom. The molecule has 0 unspecified atom stereocenters. The van der Waals surface area contributed by atoms with Crippen LogP contribution in [0.3, 0.4) is 0 Å². The normalized spacial score (nSPS) is 27.0. The Labute approximate surface area is 266 Å². The number of hydrogen-bond acceptors (Lipinski definition) is 6. The summed E-state index contributed by atoms with van der Waals surface area (Å²) in [5.74, 6) is 0.378. The predicted octanol–water partition coefficient (Wildman–Crippen LogP) is 5.70. The van der Waals surface area contributed by atoms with Crippen molar-refractivity contribution in [3.63, 3.8) is 0 Å². The Morgan fingerprint density at radius 3 is 2.16 bits per heavy atom. The van der Waals surface area contributed by atoms with Gasteiger partial charge in [0.15, 0.2) is 9.84 Å². The molecule has 7 nitrogen and oxygen atoms in total. The molecule has 0 spiro atoms. The molecule has 3 fully saturated rings. The van der Waals surface area contributed by atoms with Crippen LogP contribution in [0.25, 0.3) is 0 Å². The van der Waals surface area contributed by atoms with Crippen molar-refractivity contribution in [2.75, 3.05) is 77.2 Å². The van der Waals surface area contributed by atoms with Crippen molar-refractivity contribution in [3.05, 3.63) is 53.6 Å². The van der Waals surface area contributed by atoms with Crippen molar-refractivity contribution in [3.8, 4) is 5.75 Å². The lowest BCUT2D eigenvalue weighted by atomic mass is 9.68. The molecule has 8 heteroatoms. The maximum absolute atomic E-state index is 14.1. The van der Waals surface area contributed by atoms with Crippen molar-refractivity contribution in [1.82, 2.24) is 4.90 Å². The van der Waals surface area contributed by atoms with Gasteiger partial charge in [-0.15, -0.1) is 0 Å². The van der Waals surface area contributed by atoms with E-state index in [4.69, 9.17) is 4.74 Å². The minimum absolute atomic E-state index is 0.00850. The Morgan fingerprint density at radius 1 is 0.932 bits per heavy atom. The molecule has 4 aliphatic rings. The minimum atomic E-state index is -3.61. The SMILES string of the molecule is CCCCC1(CCCC)CS(=O)(=O)c2ccc(N(C)C)cc2[C@@H](c2ccc(OCCCC[N+]34CCN(CC3)CC4)cc2)[C@H]1O. The van der Waals surface area contributed by atoms with E-state index in [0.717, 1.165) is 49.1 Å². The quantitative estimate of drug-likeness (QED) is 0.214. The molecule has 2 aromatic carbocycles. The minimum Gasteiger partial charge on any atom is -0.494 e. The Kier molecular flexibility index (Phi) is 10.7. The first-order chi connectivity index (χ1) is 21.1. The van der Waals surface area contributed by atoms with Crippen molar-refractivity contribution in [1.29, 1.82) is 0 Å². The van der Waals surface area contributed by atoms with Crippen LogP contribution >= 0.6 is 0 Å². The number of sulfone groups is 1. The number of aliphatic hydroxyl groups excluding tert-OH is 1. The standard InChI is InChI=1S/C36H56N3O4S/c1-5-7-17-36(18-8-6-2)28-44(41,42)33-16-13-30(37(3)4)27-32(33)34(35(36)40)29-11-14-31(15-12-29)43-26-10-9-22-39-23-19-38(20-24-39)21-25-39/h11-16,27,34-35,40H,5-10,17-26,28H2,1-4H3/q+1/t34-,35-/m1/s1. The van der Waals surface area contributed by atoms with Crippen LogP contribution in [0.1, 0.15) is 82.3 Å². The number of hydrogen-bond donors (Lipinski definition) is 1. The lowest BCUT2D eigenvalue weighted by Gasteiger charge is -2.50. The van der Waals surface area contributed by atoms with Gasteiger partial charge in [-0.25, -0.2) is 8.42 Å². The van der Waals surface area contributed by atoms with Gasteiger partial charge < -0.3 is 19.2 Å². The first-order valence-electron chi connectivity index (χ1n) is 17.1. The summed E-state index contributed by atoms with van der Waals surface area (Å²) in [6.45, 7) is 13.9. The second-order valence-corrected chi connectivity index (χ2v) is 16.0. The van der Waals surface area contributed by atoms with Crippen molar-refractivity contribution in [2.24, 2.45) is 5.41 Å². The molecule has 2 bridgehead atoms. The number of ether oxygens (including phenoxy) is 1. The molecule has 0 radical (unpaired) electrons. The molecular weight excluding hydrogens is 570 g/mol. The highest BCUT2D eigenvalue weighted by atomic mass is 32.2. The van der Waals surface area contributed by atoms with Gasteiger partial charge in [-0.05, 0) is 67.1 Å². The first kappa shape index (κ1) is 33.2. The molecular formula is C36H56N3O4S+. The van der Waals surface area contributed by atoms with Crippen molar-refractivity contribution >= 4 is 15.5 Å². The van der Waals surface area contributed by atoms with E-state index in [1.54, 1.807) is 6.07 Å². The van der Waals surface area contributed by atoms with Gasteiger partial charge in [0.25, 0.3) is 0 Å². The summed E-state index contributed by atoms with van der Waals surface area (Å²) < 4.78 is 35.6. The fraction of sp³-hybridized carbons (Fsp3) is 0.667. The van der Waals surface area contributed by atoms with Gasteiger partial charge in [0.05, 0.1) is 49.5 Å². The Bertz CT molecular complexity index is 1310. The molecule has 1 N–H and O–H groups in total. The van der Waals surface area contributed by atoms with Gasteiger partial charge in [-0.3, -0.25) is 4.90 Å². The number of benzene rings is 2. The molecule has 244 valence electrons. The lowest BCUT2D eigenvalue weighted by molar-refractivity contribution is -0.941. The third-order valence-corrected chi connectivity index (χ3v) is 12.9. The van der Waals surface area contributed by atoms with Crippen LogP contribution in [0, 0.1) is 5.41 Å². The summed E-state index contributed by atoms with van der Waals surface area (Å²) in [6, 6.07) is 13.7. The molecule has 0 aliphatic carbocycles. The number of fused-ring (bicyclic) bond motifs is 4. The second kappa shape index (κ2) is 14.1. The monoisotopic (exact) mass is 626 g/mol. The van der Waals surface area contributed by atoms with Crippen molar-refractivity contribution < 1.29 is 22.7 Å². The van der Waals surface area contributed by atoms with Gasteiger partial charge in [-0.1, -0.05) is 51.7 Å². The zero-order chi connectivity index (χ0) is 31.4. The molecule has 44 heavy (non-hydrogen) atoms. The van der Waals surface area contributed by atoms with Crippen LogP contribution in [-0.4, -0.2) is 101 Å². The molecule has 0 saturated carbocycles. The van der Waals surface area contributed by atoms with Crippen LogP contribution in [0.15, 0.2) is 47.4 Å². The van der Waals surface area contributed by atoms with Gasteiger partial charge in [0, 0.05) is 50.7 Å². The second-order valence-electron chi connectivity index (χ2n) is 14.1. The Balaban J connectivity index is 1.37. The third kappa shape index (κ3) is 7.14. The molecule has 0 amide bonds. The van der Waals surface area contributed by atoms with Gasteiger partial charge in [0.1, 0.15) is 5.75 Å². The van der Waals surface area contributed by atoms with E-state index in [-0.39, 0.29) is 5.75 Å². The van der Waals surface area contributed by atoms with Crippen LogP contribution in [-0.2, 0) is 9.84 Å². The molecule has 3 saturated heterocycles. The largest absolute Gasteiger partial charge is 0.494 e. The zero-order valence-corrected chi connectivity index (χ0v) is 28.5. The predicted molar refractivity (Wildman–Crippen MR) is 179 cm³/mol. The molecule has 4 aliphatic heterocycles. The number of piperazine rings is 3. The molecule has 6 rings (SSSR count). The summed E-state index contributed by atoms with van der Waals surface area (Å²) in [5.41, 5.74) is 1.88. The number of nitrogens with zero attached hydrogens (tertiary/aromatic N) is 3. The van der Waals surface area contributed by atoms with Gasteiger partial charge >= 0.3 is 0 Å². The van der Waals surface area contributed by atoms with Gasteiger partial charge in [0.2, 0.25) is 0 Å². The summed E-state index contributed by atoms with van der Waals surface area (Å²) in [6.07, 6.45) is 6.54. The van der Waals surface area contributed by atoms with E-state index >= 15 is 0 Å². The zero-order valence-electron chi connectivity index (χ0n) is 27.6. The highest BCUT2D eigenvalue weighted by molar-refractivity contribution is 7.91. The molecule has 4 heterocycles. The topological polar surface area (TPSA) is 70.1 Å². The molecule has 2 aromatic rings. The van der Waals surface area contributed by atoms with E-state index in [0.29, 0.717) is 29.9 Å². The van der Waals surface area contributed by atoms with E-state index in [1.807, 2.05) is 55.4 Å². The number of rotatable bonds is 14. The third-order valence-electron chi connectivity index (χ3n) is 10.9. The summed E-state index contributed by atoms with van der Waals surface area (Å²) in [4.78, 5) is 4.95. The summed E-state index contributed by atoms with van der Waals surface area (Å²) >= 11 is 0. The van der Waals surface area contributed by atoms with E-state index in [9.17, 15) is 13.5 Å². The summed E-state index contributed by atoms with van der Waals surface area (Å²) in [7, 11) is 0.324. The summed E-state index contributed by atoms with van der Waals surface area (Å²) in [5, 5.41) is 12.4. The van der Waals surface area contributed by atoms with E-state index in [1.165, 1.54) is 56.7 Å². The fourth-order valence-electron chi connectivity index (χ4n) is 7.97. The van der Waals surface area contributed by atoms with E-state index in [2.05, 4.69) is 18.7 Å².